The van der Waals surface area contributed by atoms with Gasteiger partial charge < -0.3 is 22.1 Å². The van der Waals surface area contributed by atoms with Crippen molar-refractivity contribution in [3.63, 3.8) is 0 Å². The van der Waals surface area contributed by atoms with Gasteiger partial charge >= 0.3 is 6.18 Å². The highest BCUT2D eigenvalue weighted by Gasteiger charge is 2.40. The number of allylic oxidation sites excluding steroid dienone is 3. The molecule has 0 bridgehead atoms. The maximum Gasteiger partial charge on any atom is 0.416 e. The highest BCUT2D eigenvalue weighted by molar-refractivity contribution is 5.98. The maximum absolute atomic E-state index is 13.6. The number of nitrogens with two attached hydrogens (primary N) is 2. The number of hydrogen-bond donors (Lipinski definition) is 4. The first-order chi connectivity index (χ1) is 18.0. The summed E-state index contributed by atoms with van der Waals surface area (Å²) in [6.45, 7) is 2.30. The number of hydrogen-bond acceptors (Lipinski definition) is 5. The molecule has 0 aromatic heterocycles. The quantitative estimate of drug-likeness (QED) is 0.407. The van der Waals surface area contributed by atoms with Crippen LogP contribution in [0.2, 0.25) is 0 Å². The van der Waals surface area contributed by atoms with Gasteiger partial charge in [0, 0.05) is 18.8 Å². The van der Waals surface area contributed by atoms with Crippen LogP contribution >= 0.6 is 0 Å². The number of benzene rings is 2. The molecule has 2 heterocycles. The van der Waals surface area contributed by atoms with Crippen molar-refractivity contribution in [1.82, 2.24) is 15.5 Å². The Bertz CT molecular complexity index is 1250. The topological polar surface area (TPSA) is 113 Å². The van der Waals surface area contributed by atoms with E-state index in [0.717, 1.165) is 41.0 Å². The number of amides is 2. The zero-order valence-electron chi connectivity index (χ0n) is 21.1. The molecule has 0 unspecified atom stereocenters. The molecule has 2 amide bonds. The van der Waals surface area contributed by atoms with Gasteiger partial charge in [-0.2, -0.15) is 13.2 Å². The first-order valence-corrected chi connectivity index (χ1v) is 12.5. The first-order valence-electron chi connectivity index (χ1n) is 12.5. The molecular weight excluding hydrogens is 495 g/mol. The third-order valence-corrected chi connectivity index (χ3v) is 6.94. The van der Waals surface area contributed by atoms with Crippen LogP contribution in [0, 0.1) is 0 Å². The predicted octanol–water partition coefficient (Wildman–Crippen LogP) is 3.97. The fourth-order valence-corrected chi connectivity index (χ4v) is 4.80. The van der Waals surface area contributed by atoms with E-state index < -0.39 is 23.9 Å². The van der Waals surface area contributed by atoms with E-state index in [4.69, 9.17) is 11.5 Å². The van der Waals surface area contributed by atoms with Crippen molar-refractivity contribution in [3.8, 4) is 0 Å². The van der Waals surface area contributed by atoms with E-state index in [9.17, 15) is 22.8 Å². The Balaban J connectivity index is 1.46. The van der Waals surface area contributed by atoms with Crippen molar-refractivity contribution in [3.05, 3.63) is 93.8 Å². The summed E-state index contributed by atoms with van der Waals surface area (Å²) < 4.78 is 39.3. The Morgan fingerprint density at radius 2 is 1.82 bits per heavy atom. The number of carbonyl (C=O) groups excluding carboxylic acids is 2. The summed E-state index contributed by atoms with van der Waals surface area (Å²) in [5.41, 5.74) is 14.8. The molecule has 2 aromatic carbocycles. The minimum Gasteiger partial charge on any atom is -0.377 e. The molecule has 38 heavy (non-hydrogen) atoms. The molecule has 1 fully saturated rings. The third kappa shape index (κ3) is 6.25. The smallest absolute Gasteiger partial charge is 0.377 e. The molecule has 0 aliphatic carbocycles. The van der Waals surface area contributed by atoms with E-state index in [1.54, 1.807) is 29.2 Å². The third-order valence-electron chi connectivity index (χ3n) is 6.94. The van der Waals surface area contributed by atoms with Crippen LogP contribution in [0.3, 0.4) is 0 Å². The molecular formula is C28H32F3N5O2. The van der Waals surface area contributed by atoms with Gasteiger partial charge in [0.15, 0.2) is 0 Å². The predicted molar refractivity (Wildman–Crippen MR) is 138 cm³/mol. The average Bonchev–Trinajstić information content (AvgIpc) is 3.33. The zero-order chi connectivity index (χ0) is 27.4. The lowest BCUT2D eigenvalue weighted by atomic mass is 10.0. The van der Waals surface area contributed by atoms with Crippen LogP contribution in [-0.4, -0.2) is 22.8 Å². The Morgan fingerprint density at radius 1 is 1.08 bits per heavy atom. The fourth-order valence-electron chi connectivity index (χ4n) is 4.80. The number of alkyl halides is 3. The molecule has 1 atom stereocenters. The van der Waals surface area contributed by atoms with Crippen molar-refractivity contribution in [2.75, 3.05) is 0 Å². The van der Waals surface area contributed by atoms with Gasteiger partial charge in [0.25, 0.3) is 5.91 Å². The highest BCUT2D eigenvalue weighted by Crippen LogP contribution is 2.34. The molecule has 202 valence electrons. The van der Waals surface area contributed by atoms with Gasteiger partial charge in [-0.05, 0) is 61.4 Å². The Hall–Kier alpha value is -3.63. The van der Waals surface area contributed by atoms with E-state index >= 15 is 0 Å². The second-order valence-corrected chi connectivity index (χ2v) is 9.65. The minimum absolute atomic E-state index is 0.0483. The van der Waals surface area contributed by atoms with Crippen LogP contribution in [0.1, 0.15) is 61.0 Å². The molecule has 6 N–H and O–H groups in total. The van der Waals surface area contributed by atoms with Gasteiger partial charge in [-0.3, -0.25) is 14.5 Å². The van der Waals surface area contributed by atoms with Crippen molar-refractivity contribution in [1.29, 1.82) is 0 Å². The molecule has 2 aliphatic rings. The second-order valence-electron chi connectivity index (χ2n) is 9.65. The van der Waals surface area contributed by atoms with Gasteiger partial charge in [-0.25, -0.2) is 0 Å². The van der Waals surface area contributed by atoms with E-state index in [1.165, 1.54) is 6.07 Å². The first kappa shape index (κ1) is 27.4. The molecule has 10 heteroatoms. The van der Waals surface area contributed by atoms with Crippen LogP contribution in [0.25, 0.3) is 0 Å². The van der Waals surface area contributed by atoms with Gasteiger partial charge in [-0.1, -0.05) is 48.0 Å². The van der Waals surface area contributed by atoms with Crippen LogP contribution in [0.15, 0.2) is 71.6 Å². The van der Waals surface area contributed by atoms with E-state index in [1.807, 2.05) is 19.1 Å². The lowest BCUT2D eigenvalue weighted by molar-refractivity contribution is -0.137. The monoisotopic (exact) mass is 527 g/mol. The Labute approximate surface area is 219 Å². The van der Waals surface area contributed by atoms with Crippen molar-refractivity contribution in [2.45, 2.75) is 64.1 Å². The summed E-state index contributed by atoms with van der Waals surface area (Å²) in [5, 5.41) is 5.94. The number of nitrogens with one attached hydrogen (secondary N) is 2. The van der Waals surface area contributed by atoms with Crippen LogP contribution in [-0.2, 0) is 28.9 Å². The summed E-state index contributed by atoms with van der Waals surface area (Å²) in [4.78, 5) is 28.4. The number of halogens is 3. The SMILES string of the molecule is CC1=C2CC[C@@H](C(=O)NCc3ccc(C(N)N)cc3)N2C(=O)C(NCc2cccc(C(F)(F)F)c2)=CCC1. The summed E-state index contributed by atoms with van der Waals surface area (Å²) >= 11 is 0. The summed E-state index contributed by atoms with van der Waals surface area (Å²) in [7, 11) is 0. The largest absolute Gasteiger partial charge is 0.416 e. The standard InChI is InChI=1S/C28H32F3N5O2/c1-17-4-2-7-22(34-16-19-5-3-6-21(14-19)28(29,30)31)27(38)36-23(17)12-13-24(36)26(37)35-15-18-8-10-20(11-9-18)25(32)33/h3,5-11,14,24-25,34H,2,4,12-13,15-16,32-33H2,1H3,(H,35,37)/t24-/m0/s1. The average molecular weight is 528 g/mol. The van der Waals surface area contributed by atoms with E-state index in [2.05, 4.69) is 10.6 Å². The van der Waals surface area contributed by atoms with E-state index in [-0.39, 0.29) is 30.6 Å². The molecule has 4 rings (SSSR count). The normalized spacial score (nSPS) is 18.2. The van der Waals surface area contributed by atoms with Crippen LogP contribution in [0.5, 0.6) is 0 Å². The number of nitrogens with zero attached hydrogens (tertiary/aromatic N) is 1. The van der Waals surface area contributed by atoms with E-state index in [0.29, 0.717) is 24.8 Å². The Morgan fingerprint density at radius 3 is 2.50 bits per heavy atom. The minimum atomic E-state index is -4.45. The van der Waals surface area contributed by atoms with Gasteiger partial charge in [-0.15, -0.1) is 0 Å². The number of carbonyl (C=O) groups is 2. The molecule has 7 nitrogen and oxygen atoms in total. The summed E-state index contributed by atoms with van der Waals surface area (Å²) in [6, 6.07) is 11.6. The number of fused-ring (bicyclic) bond motifs is 1. The van der Waals surface area contributed by atoms with Crippen molar-refractivity contribution < 1.29 is 22.8 Å². The summed E-state index contributed by atoms with van der Waals surface area (Å²) in [6.07, 6.45) is -0.846. The zero-order valence-corrected chi connectivity index (χ0v) is 21.1. The van der Waals surface area contributed by atoms with Gasteiger partial charge in [0.1, 0.15) is 6.04 Å². The molecule has 0 spiro atoms. The van der Waals surface area contributed by atoms with Gasteiger partial charge in [0.2, 0.25) is 5.91 Å². The molecule has 2 aliphatic heterocycles. The molecule has 0 radical (unpaired) electrons. The second kappa shape index (κ2) is 11.4. The molecule has 1 saturated heterocycles. The van der Waals surface area contributed by atoms with Crippen molar-refractivity contribution in [2.24, 2.45) is 11.5 Å². The fraction of sp³-hybridized carbons (Fsp3) is 0.357. The van der Waals surface area contributed by atoms with Crippen LogP contribution in [0.4, 0.5) is 13.2 Å². The lowest BCUT2D eigenvalue weighted by Gasteiger charge is -2.29. The van der Waals surface area contributed by atoms with Crippen molar-refractivity contribution >= 4 is 11.8 Å². The summed E-state index contributed by atoms with van der Waals surface area (Å²) in [5.74, 6) is -0.622. The van der Waals surface area contributed by atoms with Gasteiger partial charge in [0.05, 0.1) is 17.4 Å². The molecule has 0 saturated carbocycles. The Kier molecular flexibility index (Phi) is 8.23. The molecule has 2 aromatic rings. The maximum atomic E-state index is 13.6. The highest BCUT2D eigenvalue weighted by atomic mass is 19.4. The number of rotatable bonds is 7. The van der Waals surface area contributed by atoms with Crippen LogP contribution < -0.4 is 22.1 Å². The lowest BCUT2D eigenvalue weighted by Crippen LogP contribution is -2.47.